The van der Waals surface area contributed by atoms with E-state index in [9.17, 15) is 4.79 Å². The molecule has 1 atom stereocenters. The molecule has 1 heterocycles. The number of rotatable bonds is 1. The van der Waals surface area contributed by atoms with Crippen LogP contribution in [0.4, 0.5) is 4.79 Å². The van der Waals surface area contributed by atoms with Crippen molar-refractivity contribution in [3.05, 3.63) is 0 Å². The van der Waals surface area contributed by atoms with Crippen molar-refractivity contribution >= 4 is 6.03 Å². The molecule has 3 nitrogen and oxygen atoms in total. The first kappa shape index (κ1) is 11.3. The van der Waals surface area contributed by atoms with Gasteiger partial charge in [-0.05, 0) is 33.1 Å². The normalized spacial score (nSPS) is 25.2. The molecule has 1 aliphatic heterocycles. The largest absolute Gasteiger partial charge is 0.328 e. The molecule has 3 heteroatoms. The summed E-state index contributed by atoms with van der Waals surface area (Å²) in [6.07, 6.45) is 1.11. The average molecular weight is 198 g/mol. The molecule has 0 spiro atoms. The monoisotopic (exact) mass is 198 g/mol. The predicted molar refractivity (Wildman–Crippen MR) is 58.3 cm³/mol. The van der Waals surface area contributed by atoms with Crippen molar-refractivity contribution in [2.24, 2.45) is 5.92 Å². The summed E-state index contributed by atoms with van der Waals surface area (Å²) in [6.45, 7) is 10.2. The summed E-state index contributed by atoms with van der Waals surface area (Å²) >= 11 is 0. The number of amides is 2. The number of carbonyl (C=O) groups is 1. The van der Waals surface area contributed by atoms with Gasteiger partial charge >= 0.3 is 6.03 Å². The molecule has 0 bridgehead atoms. The summed E-state index contributed by atoms with van der Waals surface area (Å²) in [7, 11) is 1.86. The molecule has 0 aromatic heterocycles. The minimum Gasteiger partial charge on any atom is -0.328 e. The Morgan fingerprint density at radius 2 is 2.14 bits per heavy atom. The van der Waals surface area contributed by atoms with Gasteiger partial charge in [0.05, 0.1) is 0 Å². The number of likely N-dealkylation sites (tertiary alicyclic amines) is 1. The van der Waals surface area contributed by atoms with E-state index in [4.69, 9.17) is 0 Å². The van der Waals surface area contributed by atoms with E-state index in [-0.39, 0.29) is 11.6 Å². The number of nitrogens with zero attached hydrogens (tertiary/aromatic N) is 2. The molecule has 0 N–H and O–H groups in total. The third kappa shape index (κ3) is 2.02. The fourth-order valence-corrected chi connectivity index (χ4v) is 2.26. The second-order valence-corrected chi connectivity index (χ2v) is 5.03. The number of urea groups is 1. The van der Waals surface area contributed by atoms with Gasteiger partial charge in [-0.1, -0.05) is 6.92 Å². The van der Waals surface area contributed by atoms with Crippen LogP contribution in [-0.4, -0.2) is 41.5 Å². The van der Waals surface area contributed by atoms with E-state index in [1.165, 1.54) is 0 Å². The van der Waals surface area contributed by atoms with Crippen molar-refractivity contribution in [2.75, 3.05) is 20.1 Å². The molecule has 1 fully saturated rings. The molecule has 1 aliphatic rings. The second kappa shape index (κ2) is 3.79. The molecule has 0 radical (unpaired) electrons. The lowest BCUT2D eigenvalue weighted by molar-refractivity contribution is 0.135. The van der Waals surface area contributed by atoms with Gasteiger partial charge in [-0.2, -0.15) is 0 Å². The van der Waals surface area contributed by atoms with E-state index in [2.05, 4.69) is 20.8 Å². The van der Waals surface area contributed by atoms with E-state index < -0.39 is 0 Å². The van der Waals surface area contributed by atoms with E-state index >= 15 is 0 Å². The Morgan fingerprint density at radius 1 is 1.57 bits per heavy atom. The molecule has 82 valence electrons. The fraction of sp³-hybridized carbons (Fsp3) is 0.909. The Hall–Kier alpha value is -0.730. The zero-order chi connectivity index (χ0) is 10.9. The Morgan fingerprint density at radius 3 is 2.50 bits per heavy atom. The maximum Gasteiger partial charge on any atom is 0.320 e. The first-order valence-electron chi connectivity index (χ1n) is 5.41. The Bertz CT molecular complexity index is 225. The van der Waals surface area contributed by atoms with Crippen molar-refractivity contribution in [3.8, 4) is 0 Å². The van der Waals surface area contributed by atoms with Crippen LogP contribution in [0.5, 0.6) is 0 Å². The molecule has 0 saturated carbocycles. The minimum absolute atomic E-state index is 0.0277. The maximum atomic E-state index is 12.0. The summed E-state index contributed by atoms with van der Waals surface area (Å²) in [5.41, 5.74) is 0.0277. The molecular formula is C11H22N2O. The molecule has 0 aliphatic carbocycles. The average Bonchev–Trinajstić information content (AvgIpc) is 2.36. The van der Waals surface area contributed by atoms with Crippen molar-refractivity contribution in [1.29, 1.82) is 0 Å². The fourth-order valence-electron chi connectivity index (χ4n) is 2.26. The molecule has 2 amide bonds. The molecule has 0 aromatic rings. The lowest BCUT2D eigenvalue weighted by Gasteiger charge is -2.34. The highest BCUT2D eigenvalue weighted by Crippen LogP contribution is 2.32. The zero-order valence-electron chi connectivity index (χ0n) is 10.0. The first-order valence-corrected chi connectivity index (χ1v) is 5.41. The summed E-state index contributed by atoms with van der Waals surface area (Å²) in [4.78, 5) is 15.8. The third-order valence-corrected chi connectivity index (χ3v) is 3.10. The van der Waals surface area contributed by atoms with E-state index in [0.29, 0.717) is 5.92 Å². The molecule has 1 rings (SSSR count). The summed E-state index contributed by atoms with van der Waals surface area (Å²) < 4.78 is 0. The van der Waals surface area contributed by atoms with Crippen LogP contribution in [0.25, 0.3) is 0 Å². The SMILES string of the molecule is CCN(C)C(=O)N1CC(C)CC1(C)C. The van der Waals surface area contributed by atoms with E-state index in [0.717, 1.165) is 19.5 Å². The van der Waals surface area contributed by atoms with Crippen LogP contribution in [0, 0.1) is 5.92 Å². The van der Waals surface area contributed by atoms with Crippen molar-refractivity contribution < 1.29 is 4.79 Å². The predicted octanol–water partition coefficient (Wildman–Crippen LogP) is 2.18. The van der Waals surface area contributed by atoms with Gasteiger partial charge in [-0.3, -0.25) is 0 Å². The lowest BCUT2D eigenvalue weighted by Crippen LogP contribution is -2.48. The zero-order valence-corrected chi connectivity index (χ0v) is 10.0. The van der Waals surface area contributed by atoms with Gasteiger partial charge in [-0.25, -0.2) is 4.79 Å². The van der Waals surface area contributed by atoms with Gasteiger partial charge in [0.15, 0.2) is 0 Å². The summed E-state index contributed by atoms with van der Waals surface area (Å²) in [5.74, 6) is 0.624. The second-order valence-electron chi connectivity index (χ2n) is 5.03. The Balaban J connectivity index is 2.73. The van der Waals surface area contributed by atoms with Crippen LogP contribution in [-0.2, 0) is 0 Å². The topological polar surface area (TPSA) is 23.6 Å². The van der Waals surface area contributed by atoms with Crippen LogP contribution in [0.1, 0.15) is 34.1 Å². The highest BCUT2D eigenvalue weighted by molar-refractivity contribution is 5.75. The van der Waals surface area contributed by atoms with Gasteiger partial charge in [0.25, 0.3) is 0 Å². The maximum absolute atomic E-state index is 12.0. The molecule has 14 heavy (non-hydrogen) atoms. The van der Waals surface area contributed by atoms with Gasteiger partial charge in [0.2, 0.25) is 0 Å². The third-order valence-electron chi connectivity index (χ3n) is 3.10. The quantitative estimate of drug-likeness (QED) is 0.633. The molecule has 0 aromatic carbocycles. The van der Waals surface area contributed by atoms with Crippen LogP contribution in [0.2, 0.25) is 0 Å². The van der Waals surface area contributed by atoms with Gasteiger partial charge in [0.1, 0.15) is 0 Å². The minimum atomic E-state index is 0.0277. The number of hydrogen-bond acceptors (Lipinski definition) is 1. The molecular weight excluding hydrogens is 176 g/mol. The van der Waals surface area contributed by atoms with Gasteiger partial charge < -0.3 is 9.80 Å². The van der Waals surface area contributed by atoms with Crippen LogP contribution in [0.15, 0.2) is 0 Å². The van der Waals surface area contributed by atoms with E-state index in [1.807, 2.05) is 18.9 Å². The Kier molecular flexibility index (Phi) is 3.07. The summed E-state index contributed by atoms with van der Waals surface area (Å²) in [5, 5.41) is 0. The van der Waals surface area contributed by atoms with E-state index in [1.54, 1.807) is 4.90 Å². The standard InChI is InChI=1S/C11H22N2O/c1-6-12(5)10(14)13-8-9(2)7-11(13,3)4/h9H,6-8H2,1-5H3. The van der Waals surface area contributed by atoms with Crippen molar-refractivity contribution in [3.63, 3.8) is 0 Å². The molecule has 1 unspecified atom stereocenters. The van der Waals surface area contributed by atoms with Crippen molar-refractivity contribution in [2.45, 2.75) is 39.7 Å². The lowest BCUT2D eigenvalue weighted by atomic mass is 9.98. The summed E-state index contributed by atoms with van der Waals surface area (Å²) in [6, 6.07) is 0.168. The Labute approximate surface area is 87.1 Å². The van der Waals surface area contributed by atoms with Crippen LogP contribution < -0.4 is 0 Å². The molecule has 1 saturated heterocycles. The van der Waals surface area contributed by atoms with Gasteiger partial charge in [0, 0.05) is 25.7 Å². The van der Waals surface area contributed by atoms with Crippen molar-refractivity contribution in [1.82, 2.24) is 9.80 Å². The van der Waals surface area contributed by atoms with Gasteiger partial charge in [-0.15, -0.1) is 0 Å². The first-order chi connectivity index (χ1) is 6.38. The number of hydrogen-bond donors (Lipinski definition) is 0. The van der Waals surface area contributed by atoms with Crippen LogP contribution >= 0.6 is 0 Å². The smallest absolute Gasteiger partial charge is 0.320 e. The highest BCUT2D eigenvalue weighted by atomic mass is 16.2. The van der Waals surface area contributed by atoms with Crippen LogP contribution in [0.3, 0.4) is 0 Å². The highest BCUT2D eigenvalue weighted by Gasteiger charge is 2.40. The number of carbonyl (C=O) groups excluding carboxylic acids is 1.